The van der Waals surface area contributed by atoms with Crippen LogP contribution in [0, 0.1) is 6.92 Å². The molecule has 2 aromatic rings. The molecule has 0 saturated carbocycles. The summed E-state index contributed by atoms with van der Waals surface area (Å²) in [6.45, 7) is 2.51. The molecule has 2 rings (SSSR count). The van der Waals surface area contributed by atoms with Crippen LogP contribution in [0.1, 0.15) is 20.9 Å². The Morgan fingerprint density at radius 3 is 3.06 bits per heavy atom. The first-order valence-electron chi connectivity index (χ1n) is 5.69. The fourth-order valence-electron chi connectivity index (χ4n) is 1.62. The van der Waals surface area contributed by atoms with Crippen LogP contribution in [0.3, 0.4) is 0 Å². The lowest BCUT2D eigenvalue weighted by Crippen LogP contribution is -2.26. The number of rotatable bonds is 4. The standard InChI is InChI=1S/C13H15N3OS/c1-9-2-3-11(14)10(8-9)13(17)16-5-4-12-15-6-7-18-12/h2-3,6-8H,4-5,14H2,1H3,(H,16,17). The van der Waals surface area contributed by atoms with Gasteiger partial charge in [-0.3, -0.25) is 4.79 Å². The fourth-order valence-corrected chi connectivity index (χ4v) is 2.24. The van der Waals surface area contributed by atoms with Gasteiger partial charge in [-0.15, -0.1) is 11.3 Å². The van der Waals surface area contributed by atoms with Crippen molar-refractivity contribution in [1.29, 1.82) is 0 Å². The number of amides is 1. The minimum atomic E-state index is -0.132. The number of aromatic nitrogens is 1. The zero-order chi connectivity index (χ0) is 13.0. The van der Waals surface area contributed by atoms with Crippen molar-refractivity contribution >= 4 is 22.9 Å². The van der Waals surface area contributed by atoms with Gasteiger partial charge in [0.25, 0.3) is 5.91 Å². The number of nitrogens with zero attached hydrogens (tertiary/aromatic N) is 1. The Labute approximate surface area is 110 Å². The molecule has 3 N–H and O–H groups in total. The average Bonchev–Trinajstić information content (AvgIpc) is 2.85. The monoisotopic (exact) mass is 261 g/mol. The van der Waals surface area contributed by atoms with Gasteiger partial charge in [-0.1, -0.05) is 11.6 Å². The van der Waals surface area contributed by atoms with Gasteiger partial charge in [0.2, 0.25) is 0 Å². The Balaban J connectivity index is 1.93. The Morgan fingerprint density at radius 2 is 2.33 bits per heavy atom. The number of hydrogen-bond donors (Lipinski definition) is 2. The van der Waals surface area contributed by atoms with E-state index in [1.54, 1.807) is 29.7 Å². The third-order valence-electron chi connectivity index (χ3n) is 2.56. The van der Waals surface area contributed by atoms with Gasteiger partial charge in [-0.2, -0.15) is 0 Å². The molecule has 1 amide bonds. The maximum Gasteiger partial charge on any atom is 0.253 e. The van der Waals surface area contributed by atoms with Gasteiger partial charge in [-0.25, -0.2) is 4.98 Å². The maximum absolute atomic E-state index is 11.9. The molecular formula is C13H15N3OS. The predicted molar refractivity (Wildman–Crippen MR) is 73.7 cm³/mol. The van der Waals surface area contributed by atoms with E-state index in [1.807, 2.05) is 18.4 Å². The Morgan fingerprint density at radius 1 is 1.50 bits per heavy atom. The molecule has 1 aromatic heterocycles. The number of carbonyl (C=O) groups is 1. The number of nitrogens with one attached hydrogen (secondary N) is 1. The van der Waals surface area contributed by atoms with Gasteiger partial charge >= 0.3 is 0 Å². The average molecular weight is 261 g/mol. The van der Waals surface area contributed by atoms with Crippen molar-refractivity contribution in [2.75, 3.05) is 12.3 Å². The van der Waals surface area contributed by atoms with E-state index >= 15 is 0 Å². The highest BCUT2D eigenvalue weighted by molar-refractivity contribution is 7.09. The third-order valence-corrected chi connectivity index (χ3v) is 3.40. The summed E-state index contributed by atoms with van der Waals surface area (Å²) < 4.78 is 0. The summed E-state index contributed by atoms with van der Waals surface area (Å²) in [6.07, 6.45) is 2.51. The third kappa shape index (κ3) is 3.07. The van der Waals surface area contributed by atoms with E-state index in [0.29, 0.717) is 17.8 Å². The second kappa shape index (κ2) is 5.64. The first-order valence-corrected chi connectivity index (χ1v) is 6.57. The van der Waals surface area contributed by atoms with Crippen molar-refractivity contribution in [2.24, 2.45) is 0 Å². The molecule has 0 aliphatic rings. The Hall–Kier alpha value is -1.88. The lowest BCUT2D eigenvalue weighted by Gasteiger charge is -2.07. The van der Waals surface area contributed by atoms with E-state index in [-0.39, 0.29) is 5.91 Å². The highest BCUT2D eigenvalue weighted by Crippen LogP contribution is 2.13. The normalized spacial score (nSPS) is 10.3. The number of aryl methyl sites for hydroxylation is 1. The molecule has 0 aliphatic heterocycles. The molecule has 0 fully saturated rings. The van der Waals surface area contributed by atoms with Gasteiger partial charge in [0.15, 0.2) is 0 Å². The molecule has 4 nitrogen and oxygen atoms in total. The second-order valence-electron chi connectivity index (χ2n) is 4.02. The lowest BCUT2D eigenvalue weighted by atomic mass is 10.1. The molecule has 94 valence electrons. The fraction of sp³-hybridized carbons (Fsp3) is 0.231. The highest BCUT2D eigenvalue weighted by atomic mass is 32.1. The van der Waals surface area contributed by atoms with Crippen molar-refractivity contribution in [1.82, 2.24) is 10.3 Å². The van der Waals surface area contributed by atoms with Crippen LogP contribution < -0.4 is 11.1 Å². The number of nitrogens with two attached hydrogens (primary N) is 1. The number of carbonyl (C=O) groups excluding carboxylic acids is 1. The summed E-state index contributed by atoms with van der Waals surface area (Å²) in [5.74, 6) is -0.132. The molecule has 0 saturated heterocycles. The van der Waals surface area contributed by atoms with Crippen LogP contribution in [0.25, 0.3) is 0 Å². The van der Waals surface area contributed by atoms with Gasteiger partial charge in [0.05, 0.1) is 10.6 Å². The molecule has 1 aromatic carbocycles. The Bertz CT molecular complexity index is 537. The van der Waals surface area contributed by atoms with Gasteiger partial charge in [0, 0.05) is 30.2 Å². The number of hydrogen-bond acceptors (Lipinski definition) is 4. The number of thiazole rings is 1. The van der Waals surface area contributed by atoms with E-state index in [0.717, 1.165) is 17.0 Å². The molecule has 0 radical (unpaired) electrons. The molecule has 18 heavy (non-hydrogen) atoms. The number of anilines is 1. The van der Waals surface area contributed by atoms with Gasteiger partial charge < -0.3 is 11.1 Å². The first kappa shape index (κ1) is 12.6. The summed E-state index contributed by atoms with van der Waals surface area (Å²) >= 11 is 1.59. The van der Waals surface area contributed by atoms with E-state index in [1.165, 1.54) is 0 Å². The van der Waals surface area contributed by atoms with E-state index < -0.39 is 0 Å². The van der Waals surface area contributed by atoms with Crippen molar-refractivity contribution in [2.45, 2.75) is 13.3 Å². The zero-order valence-electron chi connectivity index (χ0n) is 10.1. The summed E-state index contributed by atoms with van der Waals surface area (Å²) in [7, 11) is 0. The molecule has 0 bridgehead atoms. The quantitative estimate of drug-likeness (QED) is 0.827. The van der Waals surface area contributed by atoms with E-state index in [2.05, 4.69) is 10.3 Å². The van der Waals surface area contributed by atoms with E-state index in [9.17, 15) is 4.79 Å². The minimum Gasteiger partial charge on any atom is -0.398 e. The zero-order valence-corrected chi connectivity index (χ0v) is 11.0. The maximum atomic E-state index is 11.9. The lowest BCUT2D eigenvalue weighted by molar-refractivity contribution is 0.0955. The largest absolute Gasteiger partial charge is 0.398 e. The smallest absolute Gasteiger partial charge is 0.253 e. The molecule has 0 atom stereocenters. The molecular weight excluding hydrogens is 246 g/mol. The number of benzene rings is 1. The van der Waals surface area contributed by atoms with Crippen molar-refractivity contribution < 1.29 is 4.79 Å². The van der Waals surface area contributed by atoms with Crippen LogP contribution in [0.15, 0.2) is 29.8 Å². The first-order chi connectivity index (χ1) is 8.66. The van der Waals surface area contributed by atoms with Crippen LogP contribution in [0.4, 0.5) is 5.69 Å². The van der Waals surface area contributed by atoms with Crippen LogP contribution in [-0.2, 0) is 6.42 Å². The van der Waals surface area contributed by atoms with Gasteiger partial charge in [-0.05, 0) is 19.1 Å². The van der Waals surface area contributed by atoms with Crippen LogP contribution in [-0.4, -0.2) is 17.4 Å². The summed E-state index contributed by atoms with van der Waals surface area (Å²) in [5.41, 5.74) is 7.85. The molecule has 0 unspecified atom stereocenters. The topological polar surface area (TPSA) is 68.0 Å². The highest BCUT2D eigenvalue weighted by Gasteiger charge is 2.09. The van der Waals surface area contributed by atoms with Crippen LogP contribution in [0.2, 0.25) is 0 Å². The van der Waals surface area contributed by atoms with E-state index in [4.69, 9.17) is 5.73 Å². The minimum absolute atomic E-state index is 0.132. The molecule has 0 spiro atoms. The molecule has 5 heteroatoms. The number of nitrogen functional groups attached to an aromatic ring is 1. The van der Waals surface area contributed by atoms with Crippen molar-refractivity contribution in [3.8, 4) is 0 Å². The molecule has 1 heterocycles. The second-order valence-corrected chi connectivity index (χ2v) is 5.00. The SMILES string of the molecule is Cc1ccc(N)c(C(=O)NCCc2nccs2)c1. The summed E-state index contributed by atoms with van der Waals surface area (Å²) in [6, 6.07) is 5.45. The summed E-state index contributed by atoms with van der Waals surface area (Å²) in [5, 5.41) is 5.80. The Kier molecular flexibility index (Phi) is 3.94. The van der Waals surface area contributed by atoms with Crippen molar-refractivity contribution in [3.63, 3.8) is 0 Å². The van der Waals surface area contributed by atoms with Crippen LogP contribution >= 0.6 is 11.3 Å². The predicted octanol–water partition coefficient (Wildman–Crippen LogP) is 2.01. The van der Waals surface area contributed by atoms with Crippen molar-refractivity contribution in [3.05, 3.63) is 45.9 Å². The van der Waals surface area contributed by atoms with Gasteiger partial charge in [0.1, 0.15) is 0 Å². The molecule has 0 aliphatic carbocycles. The van der Waals surface area contributed by atoms with Crippen LogP contribution in [0.5, 0.6) is 0 Å². The summed E-state index contributed by atoms with van der Waals surface area (Å²) in [4.78, 5) is 16.1.